The first-order valence-corrected chi connectivity index (χ1v) is 7.31. The van der Waals surface area contributed by atoms with Crippen molar-refractivity contribution in [2.24, 2.45) is 10.2 Å². The lowest BCUT2D eigenvalue weighted by atomic mass is 10.2. The number of azo groups is 1. The minimum atomic E-state index is -1.25. The molecule has 2 rings (SSSR count). The third-order valence-electron chi connectivity index (χ3n) is 2.96. The summed E-state index contributed by atoms with van der Waals surface area (Å²) in [5.41, 5.74) is 0.570. The van der Waals surface area contributed by atoms with Crippen LogP contribution in [0.1, 0.15) is 17.3 Å². The van der Waals surface area contributed by atoms with E-state index in [4.69, 9.17) is 21.4 Å². The minimum absolute atomic E-state index is 0.196. The van der Waals surface area contributed by atoms with Crippen LogP contribution in [0.25, 0.3) is 0 Å². The maximum Gasteiger partial charge on any atom is 0.339 e. The number of phenols is 1. The summed E-state index contributed by atoms with van der Waals surface area (Å²) in [5, 5.41) is 26.5. The van der Waals surface area contributed by atoms with E-state index in [1.54, 1.807) is 0 Å². The Morgan fingerprint density at radius 1 is 1.16 bits per heavy atom. The largest absolute Gasteiger partial charge is 0.507 e. The van der Waals surface area contributed by atoms with Crippen LogP contribution in [0.3, 0.4) is 0 Å². The second kappa shape index (κ2) is 7.59. The first kappa shape index (κ1) is 18.2. The van der Waals surface area contributed by atoms with Crippen molar-refractivity contribution in [1.82, 2.24) is 0 Å². The molecular formula is C17H13ClN2O5. The molecule has 0 saturated carbocycles. The Morgan fingerprint density at radius 2 is 1.88 bits per heavy atom. The monoisotopic (exact) mass is 360 g/mol. The quantitative estimate of drug-likeness (QED) is 0.349. The van der Waals surface area contributed by atoms with E-state index in [9.17, 15) is 14.7 Å². The molecule has 2 N–H and O–H groups in total. The van der Waals surface area contributed by atoms with Crippen molar-refractivity contribution >= 4 is 34.9 Å². The number of carbonyl (C=O) groups is 2. The Kier molecular flexibility index (Phi) is 5.51. The normalized spacial score (nSPS) is 10.6. The molecule has 2 aromatic carbocycles. The second-order valence-electron chi connectivity index (χ2n) is 4.99. The van der Waals surface area contributed by atoms with Crippen LogP contribution in [-0.4, -0.2) is 22.2 Å². The topological polar surface area (TPSA) is 109 Å². The van der Waals surface area contributed by atoms with E-state index in [1.807, 2.05) is 0 Å². The second-order valence-corrected chi connectivity index (χ2v) is 5.40. The summed E-state index contributed by atoms with van der Waals surface area (Å²) < 4.78 is 5.04. The molecule has 0 saturated heterocycles. The maximum atomic E-state index is 11.5. The number of aromatic carboxylic acids is 1. The summed E-state index contributed by atoms with van der Waals surface area (Å²) in [4.78, 5) is 22.3. The molecule has 0 heterocycles. The number of rotatable bonds is 5. The highest BCUT2D eigenvalue weighted by molar-refractivity contribution is 6.33. The molecule has 0 aliphatic heterocycles. The van der Waals surface area contributed by atoms with Crippen molar-refractivity contribution in [3.63, 3.8) is 0 Å². The molecule has 25 heavy (non-hydrogen) atoms. The Balaban J connectivity index is 2.18. The molecule has 0 atom stereocenters. The smallest absolute Gasteiger partial charge is 0.339 e. The van der Waals surface area contributed by atoms with Crippen LogP contribution in [0.4, 0.5) is 11.4 Å². The van der Waals surface area contributed by atoms with Crippen LogP contribution < -0.4 is 4.74 Å². The first-order valence-electron chi connectivity index (χ1n) is 6.93. The van der Waals surface area contributed by atoms with Crippen LogP contribution >= 0.6 is 11.6 Å². The van der Waals surface area contributed by atoms with E-state index in [-0.39, 0.29) is 27.6 Å². The molecule has 0 unspecified atom stereocenters. The van der Waals surface area contributed by atoms with E-state index < -0.39 is 17.7 Å². The molecule has 0 amide bonds. The number of halogens is 1. The van der Waals surface area contributed by atoms with Gasteiger partial charge in [0.05, 0.1) is 10.7 Å². The Morgan fingerprint density at radius 3 is 2.44 bits per heavy atom. The number of esters is 1. The van der Waals surface area contributed by atoms with E-state index in [1.165, 1.54) is 43.3 Å². The van der Waals surface area contributed by atoms with Crippen molar-refractivity contribution in [3.8, 4) is 11.5 Å². The number of hydrogen-bond donors (Lipinski definition) is 2. The molecule has 0 fully saturated rings. The third-order valence-corrected chi connectivity index (χ3v) is 3.27. The van der Waals surface area contributed by atoms with Crippen LogP contribution in [-0.2, 0) is 4.79 Å². The van der Waals surface area contributed by atoms with Gasteiger partial charge >= 0.3 is 11.9 Å². The summed E-state index contributed by atoms with van der Waals surface area (Å²) >= 11 is 6.06. The van der Waals surface area contributed by atoms with E-state index in [2.05, 4.69) is 16.8 Å². The molecule has 0 aliphatic carbocycles. The zero-order chi connectivity index (χ0) is 18.6. The van der Waals surface area contributed by atoms with Gasteiger partial charge in [0.1, 0.15) is 22.7 Å². The number of carboxylic acid groups (broad SMARTS) is 1. The highest BCUT2D eigenvalue weighted by Gasteiger charge is 2.10. The lowest BCUT2D eigenvalue weighted by molar-refractivity contribution is -0.130. The predicted molar refractivity (Wildman–Crippen MR) is 91.1 cm³/mol. The van der Waals surface area contributed by atoms with E-state index in [0.717, 1.165) is 0 Å². The molecular weight excluding hydrogens is 348 g/mol. The van der Waals surface area contributed by atoms with Gasteiger partial charge in [-0.3, -0.25) is 0 Å². The molecule has 0 spiro atoms. The Bertz CT molecular complexity index is 893. The zero-order valence-corrected chi connectivity index (χ0v) is 13.8. The number of aromatic hydroxyl groups is 1. The Hall–Kier alpha value is -3.19. The van der Waals surface area contributed by atoms with Gasteiger partial charge in [-0.2, -0.15) is 5.11 Å². The zero-order valence-electron chi connectivity index (χ0n) is 13.1. The Labute approximate surface area is 147 Å². The number of carboxylic acids is 1. The summed E-state index contributed by atoms with van der Waals surface area (Å²) in [5.74, 6) is -2.00. The SMILES string of the molecule is C=C(C)C(=O)Oc1ccc(N=Nc2ccc(C(=O)O)c(O)c2)c(Cl)c1. The van der Waals surface area contributed by atoms with Gasteiger partial charge in [0, 0.05) is 17.7 Å². The van der Waals surface area contributed by atoms with Crippen LogP contribution in [0.5, 0.6) is 11.5 Å². The van der Waals surface area contributed by atoms with Gasteiger partial charge in [-0.05, 0) is 31.2 Å². The van der Waals surface area contributed by atoms with Gasteiger partial charge in [-0.15, -0.1) is 5.11 Å². The lowest BCUT2D eigenvalue weighted by Crippen LogP contribution is -2.07. The van der Waals surface area contributed by atoms with Gasteiger partial charge in [-0.1, -0.05) is 18.2 Å². The molecule has 0 aromatic heterocycles. The predicted octanol–water partition coefficient (Wildman–Crippen LogP) is 4.64. The summed E-state index contributed by atoms with van der Waals surface area (Å²) in [7, 11) is 0. The van der Waals surface area contributed by atoms with Crippen molar-refractivity contribution in [1.29, 1.82) is 0 Å². The highest BCUT2D eigenvalue weighted by Crippen LogP contribution is 2.31. The molecule has 7 nitrogen and oxygen atoms in total. The van der Waals surface area contributed by atoms with Gasteiger partial charge in [0.15, 0.2) is 0 Å². The van der Waals surface area contributed by atoms with Gasteiger partial charge in [0.25, 0.3) is 0 Å². The van der Waals surface area contributed by atoms with Crippen LogP contribution in [0.2, 0.25) is 5.02 Å². The van der Waals surface area contributed by atoms with Crippen LogP contribution in [0.15, 0.2) is 58.8 Å². The highest BCUT2D eigenvalue weighted by atomic mass is 35.5. The fourth-order valence-electron chi connectivity index (χ4n) is 1.70. The standard InChI is InChI=1S/C17H13ClN2O5/c1-9(2)17(24)25-11-4-6-14(13(18)8-11)20-19-10-3-5-12(16(22)23)15(21)7-10/h3-8,21H,1H2,2H3,(H,22,23). The number of benzene rings is 2. The van der Waals surface area contributed by atoms with E-state index >= 15 is 0 Å². The number of hydrogen-bond acceptors (Lipinski definition) is 6. The summed E-state index contributed by atoms with van der Waals surface area (Å²) in [6, 6.07) is 8.17. The molecule has 0 aliphatic rings. The van der Waals surface area contributed by atoms with E-state index in [0.29, 0.717) is 5.69 Å². The fourth-order valence-corrected chi connectivity index (χ4v) is 1.91. The van der Waals surface area contributed by atoms with Gasteiger partial charge < -0.3 is 14.9 Å². The number of nitrogens with zero attached hydrogens (tertiary/aromatic N) is 2. The minimum Gasteiger partial charge on any atom is -0.507 e. The maximum absolute atomic E-state index is 11.5. The van der Waals surface area contributed by atoms with Gasteiger partial charge in [-0.25, -0.2) is 9.59 Å². The van der Waals surface area contributed by atoms with Crippen molar-refractivity contribution in [3.05, 3.63) is 59.1 Å². The fraction of sp³-hybridized carbons (Fsp3) is 0.0588. The van der Waals surface area contributed by atoms with Gasteiger partial charge in [0.2, 0.25) is 0 Å². The molecule has 0 bridgehead atoms. The van der Waals surface area contributed by atoms with Crippen LogP contribution in [0, 0.1) is 0 Å². The first-order chi connectivity index (χ1) is 11.8. The molecule has 8 heteroatoms. The average molecular weight is 361 g/mol. The number of ether oxygens (including phenoxy) is 1. The van der Waals surface area contributed by atoms with Crippen molar-refractivity contribution in [2.45, 2.75) is 6.92 Å². The molecule has 2 aromatic rings. The molecule has 128 valence electrons. The lowest BCUT2D eigenvalue weighted by Gasteiger charge is -2.05. The summed E-state index contributed by atoms with van der Waals surface area (Å²) in [6.45, 7) is 5.01. The summed E-state index contributed by atoms with van der Waals surface area (Å²) in [6.07, 6.45) is 0. The number of carbonyl (C=O) groups excluding carboxylic acids is 1. The van der Waals surface area contributed by atoms with Crippen molar-refractivity contribution < 1.29 is 24.5 Å². The third kappa shape index (κ3) is 4.65. The average Bonchev–Trinajstić information content (AvgIpc) is 2.53. The molecule has 0 radical (unpaired) electrons. The van der Waals surface area contributed by atoms with Crippen molar-refractivity contribution in [2.75, 3.05) is 0 Å².